The molecule has 0 spiro atoms. The van der Waals surface area contributed by atoms with Crippen LogP contribution in [0.25, 0.3) is 0 Å². The van der Waals surface area contributed by atoms with Crippen LogP contribution in [0, 0.1) is 0 Å². The molecule has 0 saturated carbocycles. The van der Waals surface area contributed by atoms with Crippen molar-refractivity contribution in [3.63, 3.8) is 0 Å². The number of carbonyl (C=O) groups excluding carboxylic acids is 1. The third-order valence-electron chi connectivity index (χ3n) is 1.54. The fourth-order valence-corrected chi connectivity index (χ4v) is 1.04. The highest BCUT2D eigenvalue weighted by Gasteiger charge is 2.27. The minimum Gasteiger partial charge on any atom is -0.362 e. The molecule has 0 heterocycles. The molecule has 0 radical (unpaired) electrons. The van der Waals surface area contributed by atoms with Gasteiger partial charge in [-0.05, 0) is 6.42 Å². The maximum atomic E-state index is 11.7. The van der Waals surface area contributed by atoms with Crippen LogP contribution in [-0.2, 0) is 9.53 Å². The molecule has 7 heteroatoms. The van der Waals surface area contributed by atoms with E-state index in [4.69, 9.17) is 0 Å². The molecular formula is C8H13BrF3NO2. The van der Waals surface area contributed by atoms with Gasteiger partial charge in [-0.25, -0.2) is 0 Å². The number of nitrogens with zero attached hydrogens (tertiary/aromatic N) is 1. The first-order valence-corrected chi connectivity index (χ1v) is 5.43. The van der Waals surface area contributed by atoms with Gasteiger partial charge >= 0.3 is 6.18 Å². The summed E-state index contributed by atoms with van der Waals surface area (Å²) in [5.41, 5.74) is 0. The monoisotopic (exact) mass is 291 g/mol. The summed E-state index contributed by atoms with van der Waals surface area (Å²) >= 11 is 3.19. The Kier molecular flexibility index (Phi) is 6.91. The maximum absolute atomic E-state index is 11.7. The van der Waals surface area contributed by atoms with Crippen molar-refractivity contribution in [3.8, 4) is 0 Å². The topological polar surface area (TPSA) is 29.5 Å². The predicted molar refractivity (Wildman–Crippen MR) is 52.9 cm³/mol. The highest BCUT2D eigenvalue weighted by molar-refractivity contribution is 9.09. The minimum atomic E-state index is -4.38. The van der Waals surface area contributed by atoms with Crippen molar-refractivity contribution in [1.29, 1.82) is 0 Å². The molecule has 0 aliphatic heterocycles. The number of rotatable bonds is 6. The van der Waals surface area contributed by atoms with Crippen LogP contribution in [0.5, 0.6) is 0 Å². The van der Waals surface area contributed by atoms with Crippen molar-refractivity contribution in [3.05, 3.63) is 0 Å². The van der Waals surface area contributed by atoms with E-state index in [-0.39, 0.29) is 0 Å². The van der Waals surface area contributed by atoms with Gasteiger partial charge in [0.2, 0.25) is 5.91 Å². The van der Waals surface area contributed by atoms with Gasteiger partial charge in [-0.3, -0.25) is 4.79 Å². The van der Waals surface area contributed by atoms with E-state index in [1.807, 2.05) is 0 Å². The molecule has 0 saturated heterocycles. The fourth-order valence-electron chi connectivity index (χ4n) is 0.786. The predicted octanol–water partition coefficient (Wildman–Crippen LogP) is 1.81. The molecule has 0 N–H and O–H groups in total. The highest BCUT2D eigenvalue weighted by atomic mass is 79.9. The molecule has 0 unspecified atom stereocenters. The molecule has 0 rings (SSSR count). The summed E-state index contributed by atoms with van der Waals surface area (Å²) < 4.78 is 39.2. The summed E-state index contributed by atoms with van der Waals surface area (Å²) in [7, 11) is 1.53. The summed E-state index contributed by atoms with van der Waals surface area (Å²) in [6.45, 7) is -1.41. The second-order valence-electron chi connectivity index (χ2n) is 2.97. The van der Waals surface area contributed by atoms with Crippen molar-refractivity contribution in [2.45, 2.75) is 12.6 Å². The van der Waals surface area contributed by atoms with Gasteiger partial charge in [0.15, 0.2) is 0 Å². The molecule has 0 aromatic heterocycles. The smallest absolute Gasteiger partial charge is 0.362 e. The average molecular weight is 292 g/mol. The van der Waals surface area contributed by atoms with Crippen molar-refractivity contribution < 1.29 is 22.7 Å². The Morgan fingerprint density at radius 3 is 2.53 bits per heavy atom. The summed E-state index contributed by atoms with van der Waals surface area (Å²) in [6.07, 6.45) is -3.63. The quantitative estimate of drug-likeness (QED) is 0.699. The van der Waals surface area contributed by atoms with E-state index < -0.39 is 25.3 Å². The van der Waals surface area contributed by atoms with Gasteiger partial charge in [-0.1, -0.05) is 15.9 Å². The van der Waals surface area contributed by atoms with Crippen LogP contribution in [0.4, 0.5) is 13.2 Å². The second kappa shape index (κ2) is 7.05. The molecule has 0 aromatic rings. The molecule has 0 aliphatic carbocycles. The van der Waals surface area contributed by atoms with Crippen molar-refractivity contribution in [2.24, 2.45) is 0 Å². The van der Waals surface area contributed by atoms with Crippen LogP contribution in [0.2, 0.25) is 0 Å². The first-order chi connectivity index (χ1) is 6.87. The standard InChI is InChI=1S/C8H13BrF3NO2/c1-13(4-2-3-9)7(14)5-15-6-8(10,11)12/h2-6H2,1H3. The molecular weight excluding hydrogens is 279 g/mol. The summed E-state index contributed by atoms with van der Waals surface area (Å²) in [4.78, 5) is 12.5. The zero-order valence-corrected chi connectivity index (χ0v) is 9.90. The number of hydrogen-bond donors (Lipinski definition) is 0. The summed E-state index contributed by atoms with van der Waals surface area (Å²) in [5.74, 6) is -0.444. The van der Waals surface area contributed by atoms with E-state index >= 15 is 0 Å². The average Bonchev–Trinajstić information content (AvgIpc) is 2.11. The Morgan fingerprint density at radius 2 is 2.07 bits per heavy atom. The van der Waals surface area contributed by atoms with E-state index in [9.17, 15) is 18.0 Å². The summed E-state index contributed by atoms with van der Waals surface area (Å²) in [6, 6.07) is 0. The molecule has 1 amide bonds. The number of hydrogen-bond acceptors (Lipinski definition) is 2. The Morgan fingerprint density at radius 1 is 1.47 bits per heavy atom. The van der Waals surface area contributed by atoms with Crippen LogP contribution in [0.3, 0.4) is 0 Å². The van der Waals surface area contributed by atoms with Crippen LogP contribution < -0.4 is 0 Å². The van der Waals surface area contributed by atoms with Gasteiger partial charge in [0.25, 0.3) is 0 Å². The van der Waals surface area contributed by atoms with Crippen molar-refractivity contribution >= 4 is 21.8 Å². The fraction of sp³-hybridized carbons (Fsp3) is 0.875. The Labute approximate surface area is 94.7 Å². The zero-order chi connectivity index (χ0) is 11.9. The van der Waals surface area contributed by atoms with Crippen molar-refractivity contribution in [2.75, 3.05) is 32.1 Å². The lowest BCUT2D eigenvalue weighted by molar-refractivity contribution is -0.177. The van der Waals surface area contributed by atoms with Gasteiger partial charge in [0, 0.05) is 18.9 Å². The maximum Gasteiger partial charge on any atom is 0.411 e. The Bertz CT molecular complexity index is 199. The molecule has 0 fully saturated rings. The minimum absolute atomic E-state index is 0.444. The van der Waals surface area contributed by atoms with Gasteiger partial charge in [-0.2, -0.15) is 13.2 Å². The number of alkyl halides is 4. The van der Waals surface area contributed by atoms with Gasteiger partial charge in [0.05, 0.1) is 0 Å². The molecule has 90 valence electrons. The van der Waals surface area contributed by atoms with Gasteiger partial charge in [0.1, 0.15) is 13.2 Å². The lowest BCUT2D eigenvalue weighted by Gasteiger charge is -2.16. The summed E-state index contributed by atoms with van der Waals surface area (Å²) in [5, 5.41) is 0.744. The van der Waals surface area contributed by atoms with Gasteiger partial charge in [-0.15, -0.1) is 0 Å². The second-order valence-corrected chi connectivity index (χ2v) is 3.76. The van der Waals surface area contributed by atoms with Crippen molar-refractivity contribution in [1.82, 2.24) is 4.90 Å². The Hall–Kier alpha value is -0.300. The van der Waals surface area contributed by atoms with E-state index in [0.717, 1.165) is 11.8 Å². The lowest BCUT2D eigenvalue weighted by atomic mass is 10.4. The number of halogens is 4. The molecule has 3 nitrogen and oxygen atoms in total. The Balaban J connectivity index is 3.64. The van der Waals surface area contributed by atoms with E-state index in [2.05, 4.69) is 20.7 Å². The first-order valence-electron chi connectivity index (χ1n) is 4.31. The highest BCUT2D eigenvalue weighted by Crippen LogP contribution is 2.14. The third-order valence-corrected chi connectivity index (χ3v) is 2.10. The van der Waals surface area contributed by atoms with Crippen LogP contribution in [0.1, 0.15) is 6.42 Å². The third kappa shape index (κ3) is 8.68. The zero-order valence-electron chi connectivity index (χ0n) is 8.31. The normalized spacial score (nSPS) is 11.5. The number of carbonyl (C=O) groups is 1. The van der Waals surface area contributed by atoms with E-state index in [1.54, 1.807) is 0 Å². The van der Waals surface area contributed by atoms with Crippen LogP contribution in [-0.4, -0.2) is 49.1 Å². The number of ether oxygens (including phenoxy) is 1. The molecule has 0 bridgehead atoms. The number of likely N-dealkylation sites (N-methyl/N-ethyl adjacent to an activating group) is 1. The van der Waals surface area contributed by atoms with E-state index in [1.165, 1.54) is 11.9 Å². The van der Waals surface area contributed by atoms with Crippen LogP contribution in [0.15, 0.2) is 0 Å². The SMILES string of the molecule is CN(CCCBr)C(=O)COCC(F)(F)F. The van der Waals surface area contributed by atoms with Gasteiger partial charge < -0.3 is 9.64 Å². The first kappa shape index (κ1) is 14.7. The number of amides is 1. The molecule has 0 atom stereocenters. The van der Waals surface area contributed by atoms with Crippen LogP contribution >= 0.6 is 15.9 Å². The molecule has 0 aromatic carbocycles. The molecule has 0 aliphatic rings. The van der Waals surface area contributed by atoms with E-state index in [0.29, 0.717) is 6.54 Å². The largest absolute Gasteiger partial charge is 0.411 e. The lowest BCUT2D eigenvalue weighted by Crippen LogP contribution is -2.32. The molecule has 15 heavy (non-hydrogen) atoms.